The highest BCUT2D eigenvalue weighted by Crippen LogP contribution is 2.37. The molecule has 4 aromatic rings. The number of carbonyl (C=O) groups is 1. The molecule has 1 aliphatic rings. The van der Waals surface area contributed by atoms with Gasteiger partial charge in [0.05, 0.1) is 12.0 Å². The van der Waals surface area contributed by atoms with E-state index in [0.29, 0.717) is 23.3 Å². The van der Waals surface area contributed by atoms with Crippen LogP contribution in [0.2, 0.25) is 0 Å². The third kappa shape index (κ3) is 3.85. The third-order valence-corrected chi connectivity index (χ3v) is 6.70. The zero-order valence-corrected chi connectivity index (χ0v) is 18.9. The maximum Gasteiger partial charge on any atom is 0.340 e. The van der Waals surface area contributed by atoms with E-state index in [1.54, 1.807) is 12.1 Å². The minimum atomic E-state index is -0.493. The number of anilines is 1. The fourth-order valence-electron chi connectivity index (χ4n) is 4.87. The highest BCUT2D eigenvalue weighted by Gasteiger charge is 2.23. The molecular weight excluding hydrogens is 418 g/mol. The molecule has 2 aromatic carbocycles. The van der Waals surface area contributed by atoms with E-state index in [0.717, 1.165) is 64.5 Å². The lowest BCUT2D eigenvalue weighted by Crippen LogP contribution is -2.20. The van der Waals surface area contributed by atoms with E-state index in [1.165, 1.54) is 5.56 Å². The molecule has 0 fully saturated rings. The molecule has 33 heavy (non-hydrogen) atoms. The van der Waals surface area contributed by atoms with Gasteiger partial charge in [-0.1, -0.05) is 12.1 Å². The second-order valence-electron chi connectivity index (χ2n) is 8.85. The Hall–Kier alpha value is -3.38. The van der Waals surface area contributed by atoms with Crippen molar-refractivity contribution in [3.63, 3.8) is 0 Å². The highest BCUT2D eigenvalue weighted by molar-refractivity contribution is 6.01. The lowest BCUT2D eigenvalue weighted by Gasteiger charge is -2.11. The van der Waals surface area contributed by atoms with Gasteiger partial charge in [0.15, 0.2) is 0 Å². The van der Waals surface area contributed by atoms with Gasteiger partial charge in [-0.3, -0.25) is 4.79 Å². The van der Waals surface area contributed by atoms with Gasteiger partial charge in [-0.15, -0.1) is 0 Å². The van der Waals surface area contributed by atoms with Crippen LogP contribution in [0.4, 0.5) is 5.69 Å². The summed E-state index contributed by atoms with van der Waals surface area (Å²) in [7, 11) is 0. The Bertz CT molecular complexity index is 1430. The van der Waals surface area contributed by atoms with Crippen LogP contribution in [0.1, 0.15) is 46.4 Å². The van der Waals surface area contributed by atoms with Gasteiger partial charge in [0.25, 0.3) is 0 Å². The Morgan fingerprint density at radius 2 is 1.73 bits per heavy atom. The Labute approximate surface area is 191 Å². The molecule has 0 radical (unpaired) electrons. The van der Waals surface area contributed by atoms with Crippen molar-refractivity contribution in [3.05, 3.63) is 74.3 Å². The van der Waals surface area contributed by atoms with Crippen molar-refractivity contribution in [2.24, 2.45) is 0 Å². The standard InChI is InChI=1S/C27H27NO5/c1-15-20-13-22-19-5-3-4-6-23(19)32-26(22)16(2)25(20)33-27(31)21(15)14-24(30)28-18-9-7-17(8-10-18)11-12-29/h7-10,13,29H,3-6,11-12,14H2,1-2H3,(H,28,30). The molecule has 0 unspecified atom stereocenters. The number of aryl methyl sites for hydroxylation is 4. The van der Waals surface area contributed by atoms with Gasteiger partial charge >= 0.3 is 5.63 Å². The van der Waals surface area contributed by atoms with E-state index in [9.17, 15) is 9.59 Å². The predicted octanol–water partition coefficient (Wildman–Crippen LogP) is 4.75. The second kappa shape index (κ2) is 8.52. The number of fused-ring (bicyclic) bond motifs is 4. The molecule has 5 rings (SSSR count). The van der Waals surface area contributed by atoms with Crippen LogP contribution >= 0.6 is 0 Å². The summed E-state index contributed by atoms with van der Waals surface area (Å²) in [6.07, 6.45) is 4.71. The second-order valence-corrected chi connectivity index (χ2v) is 8.85. The van der Waals surface area contributed by atoms with Crippen molar-refractivity contribution in [1.29, 1.82) is 0 Å². The maximum absolute atomic E-state index is 12.8. The summed E-state index contributed by atoms with van der Waals surface area (Å²) in [5, 5.41) is 13.8. The van der Waals surface area contributed by atoms with Crippen molar-refractivity contribution in [2.45, 2.75) is 52.4 Å². The van der Waals surface area contributed by atoms with Crippen LogP contribution in [0.3, 0.4) is 0 Å². The summed E-state index contributed by atoms with van der Waals surface area (Å²) in [6, 6.07) is 9.37. The third-order valence-electron chi connectivity index (χ3n) is 6.70. The number of benzene rings is 2. The summed E-state index contributed by atoms with van der Waals surface area (Å²) in [4.78, 5) is 25.6. The first-order valence-electron chi connectivity index (χ1n) is 11.5. The normalized spacial score (nSPS) is 13.4. The number of furan rings is 1. The van der Waals surface area contributed by atoms with Gasteiger partial charge in [0, 0.05) is 40.6 Å². The number of amides is 1. The van der Waals surface area contributed by atoms with Crippen molar-refractivity contribution in [3.8, 4) is 0 Å². The average Bonchev–Trinajstić information content (AvgIpc) is 3.18. The molecule has 0 saturated heterocycles. The zero-order valence-electron chi connectivity index (χ0n) is 18.9. The fraction of sp³-hybridized carbons (Fsp3) is 0.333. The molecule has 6 heteroatoms. The van der Waals surface area contributed by atoms with E-state index < -0.39 is 5.63 Å². The van der Waals surface area contributed by atoms with Gasteiger partial charge < -0.3 is 19.3 Å². The van der Waals surface area contributed by atoms with E-state index >= 15 is 0 Å². The SMILES string of the molecule is Cc1c(CC(=O)Nc2ccc(CCO)cc2)c(=O)oc2c(C)c3oc4c(c3cc12)CCCC4. The molecule has 170 valence electrons. The molecule has 2 N–H and O–H groups in total. The van der Waals surface area contributed by atoms with Crippen LogP contribution in [0.25, 0.3) is 21.9 Å². The summed E-state index contributed by atoms with van der Waals surface area (Å²) in [6.45, 7) is 3.88. The Morgan fingerprint density at radius 3 is 2.48 bits per heavy atom. The summed E-state index contributed by atoms with van der Waals surface area (Å²) in [5.74, 6) is 0.761. The van der Waals surface area contributed by atoms with Crippen LogP contribution in [-0.2, 0) is 30.5 Å². The molecule has 2 aromatic heterocycles. The minimum absolute atomic E-state index is 0.0664. The Kier molecular flexibility index (Phi) is 5.54. The number of rotatable bonds is 5. The number of nitrogens with one attached hydrogen (secondary N) is 1. The van der Waals surface area contributed by atoms with Crippen molar-refractivity contribution < 1.29 is 18.7 Å². The van der Waals surface area contributed by atoms with Crippen LogP contribution in [0.5, 0.6) is 0 Å². The van der Waals surface area contributed by atoms with Crippen molar-refractivity contribution >= 4 is 33.5 Å². The molecule has 1 amide bonds. The molecule has 2 heterocycles. The average molecular weight is 446 g/mol. The first-order chi connectivity index (χ1) is 16.0. The highest BCUT2D eigenvalue weighted by atomic mass is 16.4. The van der Waals surface area contributed by atoms with E-state index in [1.807, 2.05) is 26.0 Å². The quantitative estimate of drug-likeness (QED) is 0.433. The van der Waals surface area contributed by atoms with Gasteiger partial charge in [0.1, 0.15) is 16.9 Å². The topological polar surface area (TPSA) is 92.7 Å². The first-order valence-corrected chi connectivity index (χ1v) is 11.5. The smallest absolute Gasteiger partial charge is 0.340 e. The van der Waals surface area contributed by atoms with Gasteiger partial charge in [0.2, 0.25) is 5.91 Å². The van der Waals surface area contributed by atoms with Crippen molar-refractivity contribution in [1.82, 2.24) is 0 Å². The van der Waals surface area contributed by atoms with Gasteiger partial charge in [-0.25, -0.2) is 4.79 Å². The number of carbonyl (C=O) groups excluding carboxylic acids is 1. The van der Waals surface area contributed by atoms with Crippen molar-refractivity contribution in [2.75, 3.05) is 11.9 Å². The largest absolute Gasteiger partial charge is 0.460 e. The molecule has 1 aliphatic carbocycles. The Balaban J connectivity index is 1.50. The van der Waals surface area contributed by atoms with E-state index in [4.69, 9.17) is 13.9 Å². The Morgan fingerprint density at radius 1 is 1.00 bits per heavy atom. The summed E-state index contributed by atoms with van der Waals surface area (Å²) < 4.78 is 11.9. The number of aliphatic hydroxyl groups excluding tert-OH is 1. The lowest BCUT2D eigenvalue weighted by atomic mass is 9.93. The zero-order chi connectivity index (χ0) is 23.1. The molecule has 6 nitrogen and oxygen atoms in total. The minimum Gasteiger partial charge on any atom is -0.460 e. The molecule has 0 saturated carbocycles. The fourth-order valence-corrected chi connectivity index (χ4v) is 4.87. The van der Waals surface area contributed by atoms with E-state index in [-0.39, 0.29) is 18.9 Å². The first kappa shape index (κ1) is 21.5. The number of aliphatic hydroxyl groups is 1. The molecule has 0 aliphatic heterocycles. The van der Waals surface area contributed by atoms with Crippen LogP contribution in [0.15, 0.2) is 44.0 Å². The van der Waals surface area contributed by atoms with Crippen LogP contribution in [0, 0.1) is 13.8 Å². The molecular formula is C27H27NO5. The molecule has 0 bridgehead atoms. The summed E-state index contributed by atoms with van der Waals surface area (Å²) in [5.41, 5.74) is 5.70. The maximum atomic E-state index is 12.8. The monoisotopic (exact) mass is 445 g/mol. The molecule has 0 atom stereocenters. The van der Waals surface area contributed by atoms with Gasteiger partial charge in [-0.05, 0) is 68.9 Å². The van der Waals surface area contributed by atoms with Crippen LogP contribution in [-0.4, -0.2) is 17.6 Å². The number of hydrogen-bond donors (Lipinski definition) is 2. The predicted molar refractivity (Wildman–Crippen MR) is 128 cm³/mol. The van der Waals surface area contributed by atoms with E-state index in [2.05, 4.69) is 11.4 Å². The number of hydrogen-bond acceptors (Lipinski definition) is 5. The lowest BCUT2D eigenvalue weighted by molar-refractivity contribution is -0.115. The molecule has 0 spiro atoms. The summed E-state index contributed by atoms with van der Waals surface area (Å²) >= 11 is 0. The van der Waals surface area contributed by atoms with Crippen LogP contribution < -0.4 is 10.9 Å². The van der Waals surface area contributed by atoms with Gasteiger partial charge in [-0.2, -0.15) is 0 Å².